The minimum Gasteiger partial charge on any atom is -0.384 e. The van der Waals surface area contributed by atoms with Crippen LogP contribution in [-0.4, -0.2) is 13.0 Å². The van der Waals surface area contributed by atoms with Crippen molar-refractivity contribution in [3.8, 4) is 0 Å². The van der Waals surface area contributed by atoms with Crippen LogP contribution in [0.25, 0.3) is 0 Å². The van der Waals surface area contributed by atoms with Crippen molar-refractivity contribution in [2.45, 2.75) is 13.8 Å². The van der Waals surface area contributed by atoms with Crippen LogP contribution in [0.15, 0.2) is 12.3 Å². The molecule has 0 unspecified atom stereocenters. The molecule has 0 saturated carbocycles. The number of amides is 1. The molecular formula is C6H14N2O. The van der Waals surface area contributed by atoms with Crippen molar-refractivity contribution < 1.29 is 4.79 Å². The smallest absolute Gasteiger partial charge is 0.264 e. The summed E-state index contributed by atoms with van der Waals surface area (Å²) in [7, 11) is 1.59. The molecule has 0 fully saturated rings. The molecule has 0 saturated heterocycles. The van der Waals surface area contributed by atoms with Gasteiger partial charge in [-0.15, -0.1) is 0 Å². The molecule has 0 bridgehead atoms. The molecule has 0 aliphatic heterocycles. The molecule has 0 radical (unpaired) electrons. The van der Waals surface area contributed by atoms with Crippen molar-refractivity contribution in [3.63, 3.8) is 0 Å². The first-order valence-corrected chi connectivity index (χ1v) is 2.85. The van der Waals surface area contributed by atoms with Gasteiger partial charge in [-0.1, -0.05) is 20.4 Å². The van der Waals surface area contributed by atoms with E-state index in [4.69, 9.17) is 5.73 Å². The molecule has 0 heterocycles. The Bertz CT molecular complexity index is 99.2. The Hall–Kier alpha value is -0.990. The van der Waals surface area contributed by atoms with Gasteiger partial charge >= 0.3 is 0 Å². The van der Waals surface area contributed by atoms with Crippen molar-refractivity contribution in [3.05, 3.63) is 12.3 Å². The molecule has 0 aliphatic carbocycles. The fourth-order valence-electron chi connectivity index (χ4n) is 0.123. The fraction of sp³-hybridized carbons (Fsp3) is 0.500. The van der Waals surface area contributed by atoms with Crippen LogP contribution in [0.5, 0.6) is 0 Å². The number of hydrogen-bond donors (Lipinski definition) is 2. The van der Waals surface area contributed by atoms with Crippen LogP contribution < -0.4 is 11.1 Å². The lowest BCUT2D eigenvalue weighted by atomic mass is 10.5. The maximum atomic E-state index is 9.99. The van der Waals surface area contributed by atoms with Gasteiger partial charge in [0.15, 0.2) is 0 Å². The minimum absolute atomic E-state index is 0.236. The molecule has 54 valence electrons. The molecule has 0 aliphatic rings. The summed E-state index contributed by atoms with van der Waals surface area (Å²) in [6.45, 7) is 7.29. The Labute approximate surface area is 55.9 Å². The van der Waals surface area contributed by atoms with E-state index >= 15 is 0 Å². The molecule has 0 aromatic heterocycles. The molecule has 3 heteroatoms. The Balaban J connectivity index is 0. The molecule has 0 atom stereocenters. The van der Waals surface area contributed by atoms with Gasteiger partial charge < -0.3 is 11.1 Å². The van der Waals surface area contributed by atoms with Gasteiger partial charge in [0.1, 0.15) is 0 Å². The number of nitrogens with two attached hydrogens (primary N) is 1. The highest BCUT2D eigenvalue weighted by atomic mass is 16.1. The summed E-state index contributed by atoms with van der Waals surface area (Å²) in [5.74, 6) is -0.512. The highest BCUT2D eigenvalue weighted by molar-refractivity contribution is 5.90. The van der Waals surface area contributed by atoms with Crippen LogP contribution in [0.4, 0.5) is 0 Å². The van der Waals surface area contributed by atoms with Crippen molar-refractivity contribution in [2.75, 3.05) is 7.05 Å². The third-order valence-corrected chi connectivity index (χ3v) is 0.599. The summed E-state index contributed by atoms with van der Waals surface area (Å²) in [5, 5.41) is 2.50. The third-order valence-electron chi connectivity index (χ3n) is 0.599. The van der Waals surface area contributed by atoms with Crippen molar-refractivity contribution >= 4 is 5.91 Å². The number of likely N-dealkylation sites (N-methyl/N-ethyl adjacent to an activating group) is 1. The summed E-state index contributed by atoms with van der Waals surface area (Å²) in [5.41, 5.74) is 4.98. The molecular weight excluding hydrogens is 116 g/mol. The van der Waals surface area contributed by atoms with Gasteiger partial charge in [-0.05, 0) is 0 Å². The van der Waals surface area contributed by atoms with E-state index < -0.39 is 5.91 Å². The highest BCUT2D eigenvalue weighted by Crippen LogP contribution is 1.73. The lowest BCUT2D eigenvalue weighted by Gasteiger charge is -1.93. The summed E-state index contributed by atoms with van der Waals surface area (Å²) < 4.78 is 0. The van der Waals surface area contributed by atoms with E-state index in [1.165, 1.54) is 0 Å². The van der Waals surface area contributed by atoms with Crippen LogP contribution >= 0.6 is 0 Å². The van der Waals surface area contributed by atoms with Crippen LogP contribution in [0.2, 0.25) is 0 Å². The van der Waals surface area contributed by atoms with Gasteiger partial charge in [-0.2, -0.15) is 0 Å². The second-order valence-electron chi connectivity index (χ2n) is 1.09. The Morgan fingerprint density at radius 1 is 1.56 bits per heavy atom. The zero-order chi connectivity index (χ0) is 7.86. The van der Waals surface area contributed by atoms with E-state index in [9.17, 15) is 4.79 Å². The topological polar surface area (TPSA) is 55.1 Å². The average molecular weight is 130 g/mol. The zero-order valence-electron chi connectivity index (χ0n) is 6.19. The molecule has 0 aromatic carbocycles. The van der Waals surface area contributed by atoms with Crippen molar-refractivity contribution in [1.29, 1.82) is 0 Å². The monoisotopic (exact) mass is 130 g/mol. The first-order valence-electron chi connectivity index (χ1n) is 2.85. The van der Waals surface area contributed by atoms with Gasteiger partial charge in [0.05, 0.1) is 5.70 Å². The van der Waals surface area contributed by atoms with Gasteiger partial charge in [-0.25, -0.2) is 0 Å². The largest absolute Gasteiger partial charge is 0.384 e. The summed E-state index contributed by atoms with van der Waals surface area (Å²) in [6, 6.07) is 0. The number of primary amides is 1. The van der Waals surface area contributed by atoms with E-state index in [1.807, 2.05) is 13.8 Å². The van der Waals surface area contributed by atoms with Gasteiger partial charge in [0.25, 0.3) is 5.91 Å². The SMILES string of the molecule is C=C(NC)C(N)=O.CC. The first-order chi connectivity index (χ1) is 4.18. The van der Waals surface area contributed by atoms with E-state index in [1.54, 1.807) is 7.05 Å². The van der Waals surface area contributed by atoms with Crippen LogP contribution in [0.3, 0.4) is 0 Å². The molecule has 0 spiro atoms. The lowest BCUT2D eigenvalue weighted by Crippen LogP contribution is -2.21. The molecule has 0 aromatic rings. The number of carbonyl (C=O) groups excluding carboxylic acids is 1. The van der Waals surface area contributed by atoms with Gasteiger partial charge in [0, 0.05) is 7.05 Å². The normalized spacial score (nSPS) is 6.56. The highest BCUT2D eigenvalue weighted by Gasteiger charge is 1.92. The number of carbonyl (C=O) groups is 1. The Morgan fingerprint density at radius 2 is 1.89 bits per heavy atom. The van der Waals surface area contributed by atoms with E-state index in [2.05, 4.69) is 11.9 Å². The van der Waals surface area contributed by atoms with Gasteiger partial charge in [0.2, 0.25) is 0 Å². The quantitative estimate of drug-likeness (QED) is 0.526. The van der Waals surface area contributed by atoms with Crippen LogP contribution in [-0.2, 0) is 4.79 Å². The zero-order valence-corrected chi connectivity index (χ0v) is 6.19. The predicted octanol–water partition coefficient (Wildman–Crippen LogP) is 0.231. The van der Waals surface area contributed by atoms with Crippen molar-refractivity contribution in [1.82, 2.24) is 5.32 Å². The van der Waals surface area contributed by atoms with Crippen molar-refractivity contribution in [2.24, 2.45) is 5.73 Å². The maximum absolute atomic E-state index is 9.99. The number of nitrogens with one attached hydrogen (secondary N) is 1. The molecule has 9 heavy (non-hydrogen) atoms. The lowest BCUT2D eigenvalue weighted by molar-refractivity contribution is -0.114. The molecule has 3 nitrogen and oxygen atoms in total. The average Bonchev–Trinajstić information content (AvgIpc) is 1.91. The standard InChI is InChI=1S/C4H8N2O.C2H6/c1-3(6-2)4(5)7;1-2/h6H,1H2,2H3,(H2,5,7);1-2H3. The Kier molecular flexibility index (Phi) is 8.49. The molecule has 3 N–H and O–H groups in total. The van der Waals surface area contributed by atoms with Gasteiger partial charge in [-0.3, -0.25) is 4.79 Å². The fourth-order valence-corrected chi connectivity index (χ4v) is 0.123. The van der Waals surface area contributed by atoms with E-state index in [0.717, 1.165) is 0 Å². The minimum atomic E-state index is -0.512. The summed E-state index contributed by atoms with van der Waals surface area (Å²) >= 11 is 0. The first kappa shape index (κ1) is 10.9. The van der Waals surface area contributed by atoms with E-state index in [-0.39, 0.29) is 5.70 Å². The molecule has 1 amide bonds. The summed E-state index contributed by atoms with van der Waals surface area (Å²) in [4.78, 5) is 9.99. The van der Waals surface area contributed by atoms with Crippen LogP contribution in [0.1, 0.15) is 13.8 Å². The second-order valence-corrected chi connectivity index (χ2v) is 1.09. The summed E-state index contributed by atoms with van der Waals surface area (Å²) in [6.07, 6.45) is 0. The maximum Gasteiger partial charge on any atom is 0.264 e. The second kappa shape index (κ2) is 7.01. The van der Waals surface area contributed by atoms with Crippen LogP contribution in [0, 0.1) is 0 Å². The third kappa shape index (κ3) is 7.01. The Morgan fingerprint density at radius 3 is 1.89 bits per heavy atom. The predicted molar refractivity (Wildman–Crippen MR) is 38.7 cm³/mol. The molecule has 0 rings (SSSR count). The number of rotatable bonds is 2. The van der Waals surface area contributed by atoms with E-state index in [0.29, 0.717) is 0 Å². The number of hydrogen-bond acceptors (Lipinski definition) is 2.